The SMILES string of the molecule is COc1cc(Br)c([C@H](N)CCC(C)C)cc1OC. The molecule has 1 aromatic rings. The minimum absolute atomic E-state index is 0.0154. The first-order valence-electron chi connectivity index (χ1n) is 6.16. The van der Waals surface area contributed by atoms with Crippen LogP contribution in [0.15, 0.2) is 16.6 Å². The normalized spacial score (nSPS) is 12.6. The summed E-state index contributed by atoms with van der Waals surface area (Å²) in [6.07, 6.45) is 2.08. The van der Waals surface area contributed by atoms with Crippen LogP contribution in [0.3, 0.4) is 0 Å². The van der Waals surface area contributed by atoms with Crippen molar-refractivity contribution < 1.29 is 9.47 Å². The second kappa shape index (κ2) is 7.00. The molecule has 0 aliphatic rings. The number of rotatable bonds is 6. The van der Waals surface area contributed by atoms with E-state index in [0.29, 0.717) is 11.7 Å². The van der Waals surface area contributed by atoms with Gasteiger partial charge in [-0.15, -0.1) is 0 Å². The molecular formula is C14H22BrNO2. The van der Waals surface area contributed by atoms with Crippen molar-refractivity contribution >= 4 is 15.9 Å². The highest BCUT2D eigenvalue weighted by atomic mass is 79.9. The lowest BCUT2D eigenvalue weighted by Gasteiger charge is -2.17. The minimum atomic E-state index is 0.0154. The van der Waals surface area contributed by atoms with Gasteiger partial charge in [-0.05, 0) is 36.5 Å². The monoisotopic (exact) mass is 315 g/mol. The van der Waals surface area contributed by atoms with Gasteiger partial charge in [0.25, 0.3) is 0 Å². The summed E-state index contributed by atoms with van der Waals surface area (Å²) in [6, 6.07) is 3.87. The summed E-state index contributed by atoms with van der Waals surface area (Å²) in [5.74, 6) is 2.09. The van der Waals surface area contributed by atoms with Crippen LogP contribution in [-0.2, 0) is 0 Å². The molecule has 1 atom stereocenters. The van der Waals surface area contributed by atoms with Gasteiger partial charge >= 0.3 is 0 Å². The largest absolute Gasteiger partial charge is 0.493 e. The first-order valence-corrected chi connectivity index (χ1v) is 6.95. The summed E-state index contributed by atoms with van der Waals surface area (Å²) in [5.41, 5.74) is 7.30. The van der Waals surface area contributed by atoms with E-state index in [1.165, 1.54) is 0 Å². The van der Waals surface area contributed by atoms with E-state index in [-0.39, 0.29) is 6.04 Å². The van der Waals surface area contributed by atoms with E-state index in [0.717, 1.165) is 28.6 Å². The Morgan fingerprint density at radius 3 is 2.17 bits per heavy atom. The van der Waals surface area contributed by atoms with Gasteiger partial charge in [-0.1, -0.05) is 29.8 Å². The molecule has 0 bridgehead atoms. The smallest absolute Gasteiger partial charge is 0.161 e. The van der Waals surface area contributed by atoms with Crippen LogP contribution in [-0.4, -0.2) is 14.2 Å². The Morgan fingerprint density at radius 1 is 1.11 bits per heavy atom. The number of benzene rings is 1. The quantitative estimate of drug-likeness (QED) is 0.865. The fourth-order valence-corrected chi connectivity index (χ4v) is 2.44. The minimum Gasteiger partial charge on any atom is -0.493 e. The molecule has 0 radical (unpaired) electrons. The first-order chi connectivity index (χ1) is 8.49. The Kier molecular flexibility index (Phi) is 5.96. The summed E-state index contributed by atoms with van der Waals surface area (Å²) in [5, 5.41) is 0. The molecule has 0 heterocycles. The van der Waals surface area contributed by atoms with E-state index >= 15 is 0 Å². The molecule has 1 rings (SSSR count). The van der Waals surface area contributed by atoms with Gasteiger partial charge in [0.1, 0.15) is 0 Å². The molecule has 0 aliphatic carbocycles. The van der Waals surface area contributed by atoms with Crippen molar-refractivity contribution in [2.24, 2.45) is 11.7 Å². The van der Waals surface area contributed by atoms with Crippen LogP contribution >= 0.6 is 15.9 Å². The summed E-state index contributed by atoms with van der Waals surface area (Å²) < 4.78 is 11.5. The van der Waals surface area contributed by atoms with Gasteiger partial charge in [0, 0.05) is 10.5 Å². The molecule has 1 aromatic carbocycles. The lowest BCUT2D eigenvalue weighted by atomic mass is 9.98. The molecule has 2 N–H and O–H groups in total. The molecule has 0 saturated heterocycles. The molecule has 0 spiro atoms. The van der Waals surface area contributed by atoms with Crippen molar-refractivity contribution in [3.63, 3.8) is 0 Å². The molecule has 18 heavy (non-hydrogen) atoms. The maximum atomic E-state index is 6.23. The highest BCUT2D eigenvalue weighted by Gasteiger charge is 2.15. The fourth-order valence-electron chi connectivity index (χ4n) is 1.82. The molecular weight excluding hydrogens is 294 g/mol. The molecule has 0 unspecified atom stereocenters. The van der Waals surface area contributed by atoms with E-state index in [9.17, 15) is 0 Å². The molecule has 0 fully saturated rings. The zero-order chi connectivity index (χ0) is 13.7. The van der Waals surface area contributed by atoms with Crippen LogP contribution in [0, 0.1) is 5.92 Å². The number of hydrogen-bond acceptors (Lipinski definition) is 3. The van der Waals surface area contributed by atoms with Crippen LogP contribution in [0.25, 0.3) is 0 Å². The standard InChI is InChI=1S/C14H22BrNO2/c1-9(2)5-6-12(16)10-7-13(17-3)14(18-4)8-11(10)15/h7-9,12H,5-6,16H2,1-4H3/t12-/m1/s1. The van der Waals surface area contributed by atoms with Crippen LogP contribution < -0.4 is 15.2 Å². The maximum Gasteiger partial charge on any atom is 0.161 e. The van der Waals surface area contributed by atoms with Crippen LogP contribution in [0.2, 0.25) is 0 Å². The second-order valence-electron chi connectivity index (χ2n) is 4.81. The second-order valence-corrected chi connectivity index (χ2v) is 5.66. The predicted molar refractivity (Wildman–Crippen MR) is 78.2 cm³/mol. The Morgan fingerprint density at radius 2 is 1.67 bits per heavy atom. The highest BCUT2D eigenvalue weighted by Crippen LogP contribution is 2.36. The van der Waals surface area contributed by atoms with Crippen molar-refractivity contribution in [1.29, 1.82) is 0 Å². The van der Waals surface area contributed by atoms with E-state index in [1.807, 2.05) is 12.1 Å². The van der Waals surface area contributed by atoms with E-state index in [4.69, 9.17) is 15.2 Å². The average molecular weight is 316 g/mol. The van der Waals surface area contributed by atoms with Crippen molar-refractivity contribution in [3.05, 3.63) is 22.2 Å². The number of halogens is 1. The van der Waals surface area contributed by atoms with Gasteiger partial charge < -0.3 is 15.2 Å². The number of nitrogens with two attached hydrogens (primary N) is 1. The fraction of sp³-hybridized carbons (Fsp3) is 0.571. The van der Waals surface area contributed by atoms with E-state index in [2.05, 4.69) is 29.8 Å². The van der Waals surface area contributed by atoms with Crippen LogP contribution in [0.1, 0.15) is 38.3 Å². The molecule has 0 aromatic heterocycles. The summed E-state index contributed by atoms with van der Waals surface area (Å²) >= 11 is 3.54. The Hall–Kier alpha value is -0.740. The third-order valence-electron chi connectivity index (χ3n) is 2.96. The maximum absolute atomic E-state index is 6.23. The van der Waals surface area contributed by atoms with Gasteiger partial charge in [-0.3, -0.25) is 0 Å². The predicted octanol–water partition coefficient (Wildman–Crippen LogP) is 3.90. The summed E-state index contributed by atoms with van der Waals surface area (Å²) in [6.45, 7) is 4.41. The molecule has 0 aliphatic heterocycles. The van der Waals surface area contributed by atoms with Gasteiger partial charge in [0.15, 0.2) is 11.5 Å². The van der Waals surface area contributed by atoms with Crippen LogP contribution in [0.4, 0.5) is 0 Å². The number of hydrogen-bond donors (Lipinski definition) is 1. The van der Waals surface area contributed by atoms with Gasteiger partial charge in [0.05, 0.1) is 14.2 Å². The Balaban J connectivity index is 2.94. The zero-order valence-corrected chi connectivity index (χ0v) is 13.1. The first kappa shape index (κ1) is 15.3. The van der Waals surface area contributed by atoms with Gasteiger partial charge in [-0.25, -0.2) is 0 Å². The average Bonchev–Trinajstić information content (AvgIpc) is 2.35. The molecule has 0 saturated carbocycles. The van der Waals surface area contributed by atoms with E-state index in [1.54, 1.807) is 14.2 Å². The number of ether oxygens (including phenoxy) is 2. The van der Waals surface area contributed by atoms with Crippen molar-refractivity contribution in [3.8, 4) is 11.5 Å². The lowest BCUT2D eigenvalue weighted by Crippen LogP contribution is -2.12. The van der Waals surface area contributed by atoms with Crippen molar-refractivity contribution in [1.82, 2.24) is 0 Å². The molecule has 3 nitrogen and oxygen atoms in total. The molecule has 0 amide bonds. The molecule has 102 valence electrons. The van der Waals surface area contributed by atoms with Gasteiger partial charge in [-0.2, -0.15) is 0 Å². The highest BCUT2D eigenvalue weighted by molar-refractivity contribution is 9.10. The zero-order valence-electron chi connectivity index (χ0n) is 11.5. The van der Waals surface area contributed by atoms with Crippen LogP contribution in [0.5, 0.6) is 11.5 Å². The third-order valence-corrected chi connectivity index (χ3v) is 3.64. The summed E-state index contributed by atoms with van der Waals surface area (Å²) in [7, 11) is 3.26. The van der Waals surface area contributed by atoms with Crippen molar-refractivity contribution in [2.75, 3.05) is 14.2 Å². The van der Waals surface area contributed by atoms with Gasteiger partial charge in [0.2, 0.25) is 0 Å². The van der Waals surface area contributed by atoms with Crippen molar-refractivity contribution in [2.45, 2.75) is 32.7 Å². The molecule has 4 heteroatoms. The summed E-state index contributed by atoms with van der Waals surface area (Å²) in [4.78, 5) is 0. The topological polar surface area (TPSA) is 44.5 Å². The Labute approximate surface area is 118 Å². The Bertz CT molecular complexity index is 394. The number of methoxy groups -OCH3 is 2. The lowest BCUT2D eigenvalue weighted by molar-refractivity contribution is 0.353. The van der Waals surface area contributed by atoms with E-state index < -0.39 is 0 Å². The third kappa shape index (κ3) is 3.89.